The Kier molecular flexibility index (Phi) is 3.46. The summed E-state index contributed by atoms with van der Waals surface area (Å²) < 4.78 is 45.2. The highest BCUT2D eigenvalue weighted by Gasteiger charge is 2.02. The summed E-state index contributed by atoms with van der Waals surface area (Å²) in [5.74, 6) is -0.571. The smallest absolute Gasteiger partial charge is 0.0827 e. The molecule has 0 heterocycles. The van der Waals surface area contributed by atoms with E-state index in [0.29, 0.717) is 0 Å². The summed E-state index contributed by atoms with van der Waals surface area (Å²) in [5, 5.41) is 0. The number of rotatable bonds is 4. The molecular formula is C4H10NO4S2-. The minimum absolute atomic E-state index is 0.285. The summed E-state index contributed by atoms with van der Waals surface area (Å²) in [4.78, 5) is 0. The normalized spacial score (nSPS) is 13.3. The van der Waals surface area contributed by atoms with E-state index in [1.54, 1.807) is 0 Å². The molecule has 0 amide bonds. The molecule has 0 aromatic heterocycles. The first-order valence-electron chi connectivity index (χ1n) is 3.02. The van der Waals surface area contributed by atoms with Crippen LogP contribution in [0.25, 0.3) is 4.13 Å². The SMILES string of the molecule is CCS(=O)(=O)[N-]S(=O)(=O)CC. The Hall–Kier alpha value is -0.140. The molecule has 5 nitrogen and oxygen atoms in total. The highest BCUT2D eigenvalue weighted by molar-refractivity contribution is 8.12. The van der Waals surface area contributed by atoms with Crippen LogP contribution >= 0.6 is 0 Å². The molecular weight excluding hydrogens is 190 g/mol. The predicted octanol–water partition coefficient (Wildman–Crippen LogP) is 0.0595. The van der Waals surface area contributed by atoms with Crippen LogP contribution in [0.2, 0.25) is 0 Å². The first kappa shape index (κ1) is 10.9. The van der Waals surface area contributed by atoms with Crippen LogP contribution in [0.1, 0.15) is 13.8 Å². The van der Waals surface area contributed by atoms with Gasteiger partial charge in [-0.15, -0.1) is 0 Å². The Bertz CT molecular complexity index is 269. The van der Waals surface area contributed by atoms with Gasteiger partial charge in [-0.25, -0.2) is 16.8 Å². The van der Waals surface area contributed by atoms with Crippen molar-refractivity contribution >= 4 is 20.0 Å². The van der Waals surface area contributed by atoms with Crippen molar-refractivity contribution in [3.63, 3.8) is 0 Å². The van der Waals surface area contributed by atoms with Gasteiger partial charge in [0.2, 0.25) is 0 Å². The van der Waals surface area contributed by atoms with Crippen molar-refractivity contribution < 1.29 is 16.8 Å². The maximum Gasteiger partial charge on any atom is 0.0827 e. The maximum absolute atomic E-state index is 10.6. The molecule has 0 bridgehead atoms. The molecule has 0 aromatic carbocycles. The summed E-state index contributed by atoms with van der Waals surface area (Å²) in [6.45, 7) is 2.67. The molecule has 0 saturated heterocycles. The van der Waals surface area contributed by atoms with Crippen LogP contribution in [0, 0.1) is 0 Å². The molecule has 0 aliphatic rings. The summed E-state index contributed by atoms with van der Waals surface area (Å²) in [5.41, 5.74) is 0. The third-order valence-electron chi connectivity index (χ3n) is 0.957. The fourth-order valence-corrected chi connectivity index (χ4v) is 2.51. The van der Waals surface area contributed by atoms with Crippen LogP contribution in [0.5, 0.6) is 0 Å². The van der Waals surface area contributed by atoms with Gasteiger partial charge < -0.3 is 4.13 Å². The number of nitrogens with zero attached hydrogens (tertiary/aromatic N) is 1. The Labute approximate surface area is 66.9 Å². The maximum atomic E-state index is 10.6. The van der Waals surface area contributed by atoms with Gasteiger partial charge in [0.15, 0.2) is 0 Å². The Balaban J connectivity index is 4.54. The van der Waals surface area contributed by atoms with E-state index in [1.807, 2.05) is 0 Å². The molecule has 7 heteroatoms. The molecule has 0 aliphatic carbocycles. The van der Waals surface area contributed by atoms with Crippen molar-refractivity contribution in [2.24, 2.45) is 0 Å². The monoisotopic (exact) mass is 200 g/mol. The molecule has 0 saturated carbocycles. The average molecular weight is 200 g/mol. The van der Waals surface area contributed by atoms with Gasteiger partial charge in [0.1, 0.15) is 0 Å². The molecule has 0 rings (SSSR count). The zero-order chi connectivity index (χ0) is 9.12. The molecule has 0 fully saturated rings. The summed E-state index contributed by atoms with van der Waals surface area (Å²) in [6, 6.07) is 0. The van der Waals surface area contributed by atoms with Crippen molar-refractivity contribution in [2.75, 3.05) is 11.5 Å². The van der Waals surface area contributed by atoms with E-state index in [2.05, 4.69) is 4.13 Å². The van der Waals surface area contributed by atoms with Gasteiger partial charge in [-0.2, -0.15) is 0 Å². The van der Waals surface area contributed by atoms with Gasteiger partial charge in [-0.1, -0.05) is 13.8 Å². The Morgan fingerprint density at radius 2 is 1.18 bits per heavy atom. The summed E-state index contributed by atoms with van der Waals surface area (Å²) in [6.07, 6.45) is 0. The van der Waals surface area contributed by atoms with Gasteiger partial charge in [0, 0.05) is 11.5 Å². The third kappa shape index (κ3) is 4.33. The molecule has 11 heavy (non-hydrogen) atoms. The fourth-order valence-electron chi connectivity index (χ4n) is 0.278. The van der Waals surface area contributed by atoms with Crippen molar-refractivity contribution in [1.29, 1.82) is 0 Å². The van der Waals surface area contributed by atoms with Crippen molar-refractivity contribution in [1.82, 2.24) is 0 Å². The first-order valence-corrected chi connectivity index (χ1v) is 6.24. The van der Waals surface area contributed by atoms with Gasteiger partial charge in [0.25, 0.3) is 0 Å². The lowest BCUT2D eigenvalue weighted by molar-refractivity contribution is 0.597. The molecule has 0 unspecified atom stereocenters. The lowest BCUT2D eigenvalue weighted by Gasteiger charge is -2.17. The lowest BCUT2D eigenvalue weighted by Crippen LogP contribution is -2.10. The molecule has 0 aliphatic heterocycles. The number of sulfonamides is 2. The van der Waals surface area contributed by atoms with Crippen LogP contribution in [-0.4, -0.2) is 28.3 Å². The Morgan fingerprint density at radius 1 is 0.909 bits per heavy atom. The van der Waals surface area contributed by atoms with Crippen LogP contribution in [0.3, 0.4) is 0 Å². The molecule has 0 atom stereocenters. The van der Waals surface area contributed by atoms with Crippen molar-refractivity contribution in [2.45, 2.75) is 13.8 Å². The number of hydrogen-bond donors (Lipinski definition) is 0. The minimum Gasteiger partial charge on any atom is -0.436 e. The van der Waals surface area contributed by atoms with Crippen LogP contribution in [0.15, 0.2) is 0 Å². The van der Waals surface area contributed by atoms with E-state index in [1.165, 1.54) is 13.8 Å². The van der Waals surface area contributed by atoms with Gasteiger partial charge in [0.05, 0.1) is 20.0 Å². The van der Waals surface area contributed by atoms with Crippen LogP contribution < -0.4 is 0 Å². The molecule has 0 spiro atoms. The average Bonchev–Trinajstić information content (AvgIpc) is 1.86. The second kappa shape index (κ2) is 3.51. The zero-order valence-electron chi connectivity index (χ0n) is 6.31. The largest absolute Gasteiger partial charge is 0.436 e. The molecule has 68 valence electrons. The number of hydrogen-bond acceptors (Lipinski definition) is 4. The molecule has 0 radical (unpaired) electrons. The fraction of sp³-hybridized carbons (Fsp3) is 1.00. The standard InChI is InChI=1S/C4H10NO4S2/c1-3-10(6,7)5-11(8,9)4-2/h3-4H2,1-2H3/q-1. The molecule has 0 aromatic rings. The van der Waals surface area contributed by atoms with Crippen molar-refractivity contribution in [3.8, 4) is 0 Å². The predicted molar refractivity (Wildman–Crippen MR) is 42.3 cm³/mol. The van der Waals surface area contributed by atoms with E-state index < -0.39 is 20.0 Å². The van der Waals surface area contributed by atoms with E-state index in [0.717, 1.165) is 0 Å². The van der Waals surface area contributed by atoms with Gasteiger partial charge >= 0.3 is 0 Å². The van der Waals surface area contributed by atoms with E-state index in [9.17, 15) is 16.8 Å². The first-order chi connectivity index (χ1) is 4.83. The van der Waals surface area contributed by atoms with E-state index in [-0.39, 0.29) is 11.5 Å². The second-order valence-electron chi connectivity index (χ2n) is 1.82. The van der Waals surface area contributed by atoms with E-state index >= 15 is 0 Å². The topological polar surface area (TPSA) is 82.4 Å². The highest BCUT2D eigenvalue weighted by atomic mass is 32.3. The van der Waals surface area contributed by atoms with E-state index in [4.69, 9.17) is 0 Å². The second-order valence-corrected chi connectivity index (χ2v) is 5.89. The van der Waals surface area contributed by atoms with Gasteiger partial charge in [-0.3, -0.25) is 0 Å². The van der Waals surface area contributed by atoms with Crippen LogP contribution in [-0.2, 0) is 20.0 Å². The molecule has 0 N–H and O–H groups in total. The lowest BCUT2D eigenvalue weighted by atomic mass is 11.0. The third-order valence-corrected chi connectivity index (χ3v) is 4.23. The van der Waals surface area contributed by atoms with Gasteiger partial charge in [-0.05, 0) is 0 Å². The van der Waals surface area contributed by atoms with Crippen LogP contribution in [0.4, 0.5) is 0 Å². The summed E-state index contributed by atoms with van der Waals surface area (Å²) >= 11 is 0. The van der Waals surface area contributed by atoms with Crippen molar-refractivity contribution in [3.05, 3.63) is 4.13 Å². The Morgan fingerprint density at radius 3 is 1.36 bits per heavy atom. The summed E-state index contributed by atoms with van der Waals surface area (Å²) in [7, 11) is -7.50. The zero-order valence-corrected chi connectivity index (χ0v) is 7.94. The highest BCUT2D eigenvalue weighted by Crippen LogP contribution is 2.09. The quantitative estimate of drug-likeness (QED) is 0.642. The minimum atomic E-state index is -3.75.